The lowest BCUT2D eigenvalue weighted by molar-refractivity contribution is -0.138. The van der Waals surface area contributed by atoms with E-state index in [1.807, 2.05) is 18.2 Å². The molecule has 0 amide bonds. The number of anilines is 1. The van der Waals surface area contributed by atoms with E-state index in [4.69, 9.17) is 5.11 Å². The van der Waals surface area contributed by atoms with E-state index in [-0.39, 0.29) is 12.3 Å². The predicted octanol–water partition coefficient (Wildman–Crippen LogP) is 3.01. The number of hydrogen-bond acceptors (Lipinski definition) is 3. The van der Waals surface area contributed by atoms with Gasteiger partial charge in [-0.2, -0.15) is 5.26 Å². The molecule has 1 saturated heterocycles. The second-order valence-corrected chi connectivity index (χ2v) is 5.63. The van der Waals surface area contributed by atoms with Crippen LogP contribution in [0.2, 0.25) is 0 Å². The first-order valence-corrected chi connectivity index (χ1v) is 7.06. The molecule has 0 bridgehead atoms. The van der Waals surface area contributed by atoms with Crippen molar-refractivity contribution in [3.05, 3.63) is 28.2 Å². The van der Waals surface area contributed by atoms with E-state index in [0.29, 0.717) is 5.56 Å². The zero-order valence-electron chi connectivity index (χ0n) is 10.5. The highest BCUT2D eigenvalue weighted by molar-refractivity contribution is 9.10. The molecule has 0 saturated carbocycles. The molecule has 19 heavy (non-hydrogen) atoms. The zero-order valence-corrected chi connectivity index (χ0v) is 12.1. The predicted molar refractivity (Wildman–Crippen MR) is 76.0 cm³/mol. The molecule has 1 aliphatic heterocycles. The van der Waals surface area contributed by atoms with E-state index in [1.165, 1.54) is 0 Å². The van der Waals surface area contributed by atoms with Crippen LogP contribution in [0, 0.1) is 17.2 Å². The molecule has 100 valence electrons. The molecule has 0 atom stereocenters. The van der Waals surface area contributed by atoms with Crippen molar-refractivity contribution >= 4 is 27.6 Å². The number of carboxylic acid groups (broad SMARTS) is 1. The van der Waals surface area contributed by atoms with Gasteiger partial charge in [0.1, 0.15) is 6.07 Å². The number of hydrogen-bond donors (Lipinski definition) is 1. The Bertz CT molecular complexity index is 517. The average Bonchev–Trinajstić information content (AvgIpc) is 2.38. The summed E-state index contributed by atoms with van der Waals surface area (Å²) >= 11 is 3.39. The first kappa shape index (κ1) is 13.9. The number of carbonyl (C=O) groups is 1. The van der Waals surface area contributed by atoms with Crippen molar-refractivity contribution in [1.82, 2.24) is 0 Å². The Morgan fingerprint density at radius 2 is 2.16 bits per heavy atom. The van der Waals surface area contributed by atoms with Gasteiger partial charge in [-0.25, -0.2) is 0 Å². The highest BCUT2D eigenvalue weighted by Crippen LogP contribution is 2.31. The van der Waals surface area contributed by atoms with Crippen molar-refractivity contribution in [2.45, 2.75) is 19.3 Å². The Morgan fingerprint density at radius 3 is 2.74 bits per heavy atom. The van der Waals surface area contributed by atoms with Crippen LogP contribution in [0.4, 0.5) is 5.69 Å². The van der Waals surface area contributed by atoms with Crippen LogP contribution in [0.5, 0.6) is 0 Å². The summed E-state index contributed by atoms with van der Waals surface area (Å²) in [5, 5.41) is 18.0. The zero-order chi connectivity index (χ0) is 13.8. The molecule has 1 N–H and O–H groups in total. The van der Waals surface area contributed by atoms with E-state index in [2.05, 4.69) is 26.9 Å². The third-order valence-electron chi connectivity index (χ3n) is 3.52. The minimum atomic E-state index is -0.724. The number of nitriles is 1. The van der Waals surface area contributed by atoms with Gasteiger partial charge in [0.05, 0.1) is 11.3 Å². The molecule has 0 spiro atoms. The number of halogens is 1. The van der Waals surface area contributed by atoms with Crippen LogP contribution < -0.4 is 4.90 Å². The van der Waals surface area contributed by atoms with Gasteiger partial charge in [0.15, 0.2) is 0 Å². The largest absolute Gasteiger partial charge is 0.481 e. The van der Waals surface area contributed by atoms with E-state index in [0.717, 1.165) is 36.1 Å². The lowest BCUT2D eigenvalue weighted by Gasteiger charge is -2.33. The van der Waals surface area contributed by atoms with Gasteiger partial charge in [0.2, 0.25) is 0 Å². The summed E-state index contributed by atoms with van der Waals surface area (Å²) in [6.07, 6.45) is 1.98. The smallest absolute Gasteiger partial charge is 0.303 e. The normalized spacial score (nSPS) is 16.1. The standard InChI is InChI=1S/C14H15BrN2O2/c15-12-2-1-3-13(11(12)9-16)17-6-4-10(5-7-17)8-14(18)19/h1-3,10H,4-8H2,(H,18,19). The molecule has 2 rings (SSSR count). The van der Waals surface area contributed by atoms with Gasteiger partial charge in [0.25, 0.3) is 0 Å². The fourth-order valence-corrected chi connectivity index (χ4v) is 2.96. The third kappa shape index (κ3) is 3.27. The molecular formula is C14H15BrN2O2. The van der Waals surface area contributed by atoms with Gasteiger partial charge in [-0.1, -0.05) is 6.07 Å². The van der Waals surface area contributed by atoms with Gasteiger partial charge < -0.3 is 10.0 Å². The Labute approximate surface area is 120 Å². The van der Waals surface area contributed by atoms with E-state index in [9.17, 15) is 10.1 Å². The van der Waals surface area contributed by atoms with Crippen LogP contribution in [0.25, 0.3) is 0 Å². The minimum absolute atomic E-state index is 0.247. The summed E-state index contributed by atoms with van der Waals surface area (Å²) in [6, 6.07) is 7.95. The lowest BCUT2D eigenvalue weighted by Crippen LogP contribution is -2.34. The minimum Gasteiger partial charge on any atom is -0.481 e. The Hall–Kier alpha value is -1.54. The van der Waals surface area contributed by atoms with Crippen molar-refractivity contribution in [3.63, 3.8) is 0 Å². The molecule has 0 aromatic heterocycles. The third-order valence-corrected chi connectivity index (χ3v) is 4.18. The molecule has 1 aliphatic rings. The van der Waals surface area contributed by atoms with Gasteiger partial charge in [-0.15, -0.1) is 0 Å². The number of aliphatic carboxylic acids is 1. The summed E-state index contributed by atoms with van der Waals surface area (Å²) in [5.41, 5.74) is 1.59. The highest BCUT2D eigenvalue weighted by atomic mass is 79.9. The number of piperidine rings is 1. The second kappa shape index (κ2) is 6.07. The first-order valence-electron chi connectivity index (χ1n) is 6.27. The fourth-order valence-electron chi connectivity index (χ4n) is 2.51. The van der Waals surface area contributed by atoms with E-state index >= 15 is 0 Å². The van der Waals surface area contributed by atoms with Crippen LogP contribution in [0.1, 0.15) is 24.8 Å². The van der Waals surface area contributed by atoms with Crippen LogP contribution in [-0.4, -0.2) is 24.2 Å². The maximum Gasteiger partial charge on any atom is 0.303 e. The van der Waals surface area contributed by atoms with Crippen LogP contribution in [0.15, 0.2) is 22.7 Å². The van der Waals surface area contributed by atoms with E-state index in [1.54, 1.807) is 0 Å². The quantitative estimate of drug-likeness (QED) is 0.929. The first-order chi connectivity index (χ1) is 9.11. The summed E-state index contributed by atoms with van der Waals surface area (Å²) in [7, 11) is 0. The molecule has 4 nitrogen and oxygen atoms in total. The molecule has 0 radical (unpaired) electrons. The average molecular weight is 323 g/mol. The molecular weight excluding hydrogens is 308 g/mol. The van der Waals surface area contributed by atoms with Gasteiger partial charge >= 0.3 is 5.97 Å². The molecule has 0 aliphatic carbocycles. The molecule has 1 aromatic rings. The Morgan fingerprint density at radius 1 is 1.47 bits per heavy atom. The van der Waals surface area contributed by atoms with Crippen LogP contribution in [0.3, 0.4) is 0 Å². The topological polar surface area (TPSA) is 64.3 Å². The monoisotopic (exact) mass is 322 g/mol. The maximum absolute atomic E-state index is 10.7. The van der Waals surface area contributed by atoms with Gasteiger partial charge in [-0.05, 0) is 46.8 Å². The number of nitrogens with zero attached hydrogens (tertiary/aromatic N) is 2. The molecule has 5 heteroatoms. The van der Waals surface area contributed by atoms with Gasteiger partial charge in [0, 0.05) is 24.0 Å². The maximum atomic E-state index is 10.7. The Kier molecular flexibility index (Phi) is 4.43. The summed E-state index contributed by atoms with van der Waals surface area (Å²) in [6.45, 7) is 1.62. The lowest BCUT2D eigenvalue weighted by atomic mass is 9.93. The van der Waals surface area contributed by atoms with E-state index < -0.39 is 5.97 Å². The number of carboxylic acids is 1. The van der Waals surface area contributed by atoms with Crippen molar-refractivity contribution in [2.75, 3.05) is 18.0 Å². The second-order valence-electron chi connectivity index (χ2n) is 4.77. The van der Waals surface area contributed by atoms with Crippen LogP contribution in [-0.2, 0) is 4.79 Å². The molecule has 1 heterocycles. The summed E-state index contributed by atoms with van der Waals surface area (Å²) < 4.78 is 0.806. The number of benzene rings is 1. The molecule has 0 unspecified atom stereocenters. The fraction of sp³-hybridized carbons (Fsp3) is 0.429. The number of rotatable bonds is 3. The van der Waals surface area contributed by atoms with Crippen molar-refractivity contribution in [2.24, 2.45) is 5.92 Å². The highest BCUT2D eigenvalue weighted by Gasteiger charge is 2.23. The SMILES string of the molecule is N#Cc1c(Br)cccc1N1CCC(CC(=O)O)CC1. The summed E-state index contributed by atoms with van der Waals surface area (Å²) in [4.78, 5) is 12.9. The van der Waals surface area contributed by atoms with Crippen molar-refractivity contribution in [3.8, 4) is 6.07 Å². The molecule has 1 aromatic carbocycles. The Balaban J connectivity index is 2.08. The molecule has 1 fully saturated rings. The van der Waals surface area contributed by atoms with Gasteiger partial charge in [-0.3, -0.25) is 4.79 Å². The van der Waals surface area contributed by atoms with Crippen molar-refractivity contribution in [1.29, 1.82) is 5.26 Å². The van der Waals surface area contributed by atoms with Crippen LogP contribution >= 0.6 is 15.9 Å². The van der Waals surface area contributed by atoms with Crippen molar-refractivity contribution < 1.29 is 9.90 Å². The summed E-state index contributed by atoms with van der Waals surface area (Å²) in [5.74, 6) is -0.468.